The van der Waals surface area contributed by atoms with Crippen LogP contribution in [0.15, 0.2) is 24.3 Å². The number of aliphatic carboxylic acids is 1. The van der Waals surface area contributed by atoms with Crippen LogP contribution in [-0.4, -0.2) is 30.8 Å². The average molecular weight is 223 g/mol. The predicted octanol–water partition coefficient (Wildman–Crippen LogP) is 1.99. The Balaban J connectivity index is 3.07. The minimum absolute atomic E-state index is 0.568. The zero-order valence-corrected chi connectivity index (χ0v) is 9.80. The fourth-order valence-electron chi connectivity index (χ4n) is 1.65. The summed E-state index contributed by atoms with van der Waals surface area (Å²) >= 11 is 0. The van der Waals surface area contributed by atoms with E-state index in [1.165, 1.54) is 0 Å². The number of para-hydroxylation sites is 2. The van der Waals surface area contributed by atoms with Crippen LogP contribution in [0.25, 0.3) is 0 Å². The van der Waals surface area contributed by atoms with Crippen LogP contribution in [0.3, 0.4) is 0 Å². The van der Waals surface area contributed by atoms with Crippen molar-refractivity contribution < 1.29 is 14.6 Å². The second-order valence-corrected chi connectivity index (χ2v) is 3.47. The molecule has 0 aromatic heterocycles. The van der Waals surface area contributed by atoms with E-state index >= 15 is 0 Å². The fourth-order valence-corrected chi connectivity index (χ4v) is 1.65. The number of anilines is 1. The summed E-state index contributed by atoms with van der Waals surface area (Å²) in [4.78, 5) is 12.8. The molecule has 0 fully saturated rings. The number of nitrogens with zero attached hydrogens (tertiary/aromatic N) is 1. The van der Waals surface area contributed by atoms with E-state index in [9.17, 15) is 4.79 Å². The third-order valence-corrected chi connectivity index (χ3v) is 2.56. The third-order valence-electron chi connectivity index (χ3n) is 2.56. The first-order valence-corrected chi connectivity index (χ1v) is 5.24. The van der Waals surface area contributed by atoms with Crippen molar-refractivity contribution in [3.8, 4) is 5.75 Å². The summed E-state index contributed by atoms with van der Waals surface area (Å²) in [5.41, 5.74) is 0.808. The number of ether oxygens (including phenoxy) is 1. The molecule has 0 spiro atoms. The highest BCUT2D eigenvalue weighted by atomic mass is 16.5. The first-order valence-electron chi connectivity index (χ1n) is 5.24. The Bertz CT molecular complexity index is 365. The molecule has 16 heavy (non-hydrogen) atoms. The maximum absolute atomic E-state index is 11.0. The summed E-state index contributed by atoms with van der Waals surface area (Å²) in [5, 5.41) is 9.03. The molecule has 1 N–H and O–H groups in total. The zero-order chi connectivity index (χ0) is 12.1. The molecule has 0 saturated heterocycles. The van der Waals surface area contributed by atoms with Gasteiger partial charge >= 0.3 is 5.97 Å². The van der Waals surface area contributed by atoms with Gasteiger partial charge in [-0.25, -0.2) is 4.79 Å². The van der Waals surface area contributed by atoms with Gasteiger partial charge in [0.15, 0.2) is 0 Å². The van der Waals surface area contributed by atoms with Crippen molar-refractivity contribution in [2.45, 2.75) is 19.9 Å². The molecule has 1 rings (SSSR count). The lowest BCUT2D eigenvalue weighted by Gasteiger charge is -2.28. The van der Waals surface area contributed by atoms with Gasteiger partial charge in [-0.15, -0.1) is 0 Å². The quantitative estimate of drug-likeness (QED) is 0.829. The molecule has 0 saturated carbocycles. The van der Waals surface area contributed by atoms with Gasteiger partial charge in [0.05, 0.1) is 12.8 Å². The number of hydrogen-bond donors (Lipinski definition) is 1. The molecule has 0 aliphatic carbocycles. The van der Waals surface area contributed by atoms with Crippen LogP contribution >= 0.6 is 0 Å². The molecule has 4 nitrogen and oxygen atoms in total. The van der Waals surface area contributed by atoms with E-state index in [1.54, 1.807) is 18.9 Å². The molecule has 1 atom stereocenters. The molecule has 0 aliphatic heterocycles. The summed E-state index contributed by atoms with van der Waals surface area (Å²) in [6.45, 7) is 4.21. The predicted molar refractivity (Wildman–Crippen MR) is 63.1 cm³/mol. The molecule has 0 unspecified atom stereocenters. The molecule has 0 heterocycles. The van der Waals surface area contributed by atoms with Crippen molar-refractivity contribution in [1.82, 2.24) is 0 Å². The molecule has 0 bridgehead atoms. The number of hydrogen-bond acceptors (Lipinski definition) is 3. The van der Waals surface area contributed by atoms with E-state index in [-0.39, 0.29) is 0 Å². The second-order valence-electron chi connectivity index (χ2n) is 3.47. The number of benzene rings is 1. The Hall–Kier alpha value is -1.71. The fraction of sp³-hybridized carbons (Fsp3) is 0.417. The monoisotopic (exact) mass is 223 g/mol. The minimum Gasteiger partial charge on any atom is -0.495 e. The molecule has 4 heteroatoms. The number of carboxylic acids is 1. The molecule has 1 aromatic rings. The van der Waals surface area contributed by atoms with Gasteiger partial charge in [0.2, 0.25) is 0 Å². The number of methoxy groups -OCH3 is 1. The minimum atomic E-state index is -0.840. The largest absolute Gasteiger partial charge is 0.495 e. The van der Waals surface area contributed by atoms with Crippen LogP contribution in [-0.2, 0) is 4.79 Å². The molecule has 0 amide bonds. The lowest BCUT2D eigenvalue weighted by molar-refractivity contribution is -0.138. The van der Waals surface area contributed by atoms with Gasteiger partial charge in [0.25, 0.3) is 0 Å². The van der Waals surface area contributed by atoms with Gasteiger partial charge in [-0.1, -0.05) is 12.1 Å². The van der Waals surface area contributed by atoms with E-state index in [4.69, 9.17) is 9.84 Å². The lowest BCUT2D eigenvalue weighted by Crippen LogP contribution is -2.39. The van der Waals surface area contributed by atoms with Crippen LogP contribution in [0.5, 0.6) is 5.75 Å². The Morgan fingerprint density at radius 1 is 1.50 bits per heavy atom. The summed E-state index contributed by atoms with van der Waals surface area (Å²) in [5.74, 6) is -0.148. The molecule has 0 radical (unpaired) electrons. The number of carboxylic acid groups (broad SMARTS) is 1. The maximum atomic E-state index is 11.0. The van der Waals surface area contributed by atoms with Crippen LogP contribution in [0.2, 0.25) is 0 Å². The van der Waals surface area contributed by atoms with E-state index in [0.29, 0.717) is 12.3 Å². The third kappa shape index (κ3) is 2.45. The van der Waals surface area contributed by atoms with Crippen molar-refractivity contribution in [2.24, 2.45) is 0 Å². The Kier molecular flexibility index (Phi) is 4.17. The van der Waals surface area contributed by atoms with Gasteiger partial charge in [-0.2, -0.15) is 0 Å². The summed E-state index contributed by atoms with van der Waals surface area (Å²) in [6, 6.07) is 6.85. The molecule has 88 valence electrons. The highest BCUT2D eigenvalue weighted by molar-refractivity contribution is 5.78. The molecule has 1 aromatic carbocycles. The van der Waals surface area contributed by atoms with E-state index in [1.807, 2.05) is 31.2 Å². The van der Waals surface area contributed by atoms with Crippen molar-refractivity contribution >= 4 is 11.7 Å². The lowest BCUT2D eigenvalue weighted by atomic mass is 10.2. The number of rotatable bonds is 5. The number of likely N-dealkylation sites (N-methyl/N-ethyl adjacent to an activating group) is 1. The van der Waals surface area contributed by atoms with Crippen LogP contribution in [0.4, 0.5) is 5.69 Å². The normalized spacial score (nSPS) is 11.9. The van der Waals surface area contributed by atoms with E-state index in [0.717, 1.165) is 5.69 Å². The van der Waals surface area contributed by atoms with Gasteiger partial charge in [0.1, 0.15) is 11.8 Å². The highest BCUT2D eigenvalue weighted by Gasteiger charge is 2.21. The zero-order valence-electron chi connectivity index (χ0n) is 9.80. The SMILES string of the molecule is CCN(c1ccccc1OC)[C@H](C)C(=O)O. The van der Waals surface area contributed by atoms with Crippen molar-refractivity contribution in [3.05, 3.63) is 24.3 Å². The Morgan fingerprint density at radius 3 is 2.62 bits per heavy atom. The van der Waals surface area contributed by atoms with Crippen molar-refractivity contribution in [1.29, 1.82) is 0 Å². The van der Waals surface area contributed by atoms with Gasteiger partial charge in [-0.05, 0) is 26.0 Å². The van der Waals surface area contributed by atoms with Gasteiger partial charge < -0.3 is 14.7 Å². The first-order chi connectivity index (χ1) is 7.61. The van der Waals surface area contributed by atoms with Crippen LogP contribution < -0.4 is 9.64 Å². The molecule has 0 aliphatic rings. The summed E-state index contributed by atoms with van der Waals surface area (Å²) in [7, 11) is 1.58. The Morgan fingerprint density at radius 2 is 2.12 bits per heavy atom. The maximum Gasteiger partial charge on any atom is 0.326 e. The average Bonchev–Trinajstić information content (AvgIpc) is 2.30. The molecular formula is C12H17NO3. The van der Waals surface area contributed by atoms with Gasteiger partial charge in [-0.3, -0.25) is 0 Å². The first kappa shape index (κ1) is 12.4. The van der Waals surface area contributed by atoms with E-state index in [2.05, 4.69) is 0 Å². The molecular weight excluding hydrogens is 206 g/mol. The van der Waals surface area contributed by atoms with Crippen LogP contribution in [0.1, 0.15) is 13.8 Å². The standard InChI is InChI=1S/C12H17NO3/c1-4-13(9(2)12(14)15)10-7-5-6-8-11(10)16-3/h5-9H,4H2,1-3H3,(H,14,15)/t9-/m1/s1. The highest BCUT2D eigenvalue weighted by Crippen LogP contribution is 2.28. The summed E-state index contributed by atoms with van der Waals surface area (Å²) < 4.78 is 5.22. The van der Waals surface area contributed by atoms with Gasteiger partial charge in [0, 0.05) is 6.54 Å². The topological polar surface area (TPSA) is 49.8 Å². The number of carbonyl (C=O) groups is 1. The van der Waals surface area contributed by atoms with Crippen molar-refractivity contribution in [2.75, 3.05) is 18.6 Å². The van der Waals surface area contributed by atoms with Crippen molar-refractivity contribution in [3.63, 3.8) is 0 Å². The Labute approximate surface area is 95.5 Å². The van der Waals surface area contributed by atoms with Crippen LogP contribution in [0, 0.1) is 0 Å². The van der Waals surface area contributed by atoms with E-state index < -0.39 is 12.0 Å². The summed E-state index contributed by atoms with van der Waals surface area (Å²) in [6.07, 6.45) is 0. The second kappa shape index (κ2) is 5.39. The smallest absolute Gasteiger partial charge is 0.326 e.